The van der Waals surface area contributed by atoms with Crippen LogP contribution in [0.5, 0.6) is 0 Å². The highest BCUT2D eigenvalue weighted by Gasteiger charge is 2.49. The number of piperidine rings is 1. The average Bonchev–Trinajstić information content (AvgIpc) is 2.78. The van der Waals surface area contributed by atoms with Gasteiger partial charge >= 0.3 is 5.97 Å². The van der Waals surface area contributed by atoms with Crippen LogP contribution in [-0.4, -0.2) is 58.2 Å². The summed E-state index contributed by atoms with van der Waals surface area (Å²) in [7, 11) is 0. The highest BCUT2D eigenvalue weighted by Crippen LogP contribution is 2.45. The molecule has 2 N–H and O–H groups in total. The van der Waals surface area contributed by atoms with Crippen LogP contribution in [0.3, 0.4) is 0 Å². The van der Waals surface area contributed by atoms with Gasteiger partial charge in [-0.2, -0.15) is 4.98 Å². The van der Waals surface area contributed by atoms with E-state index in [0.29, 0.717) is 27.9 Å². The number of nitrogens with zero attached hydrogens (tertiary/aromatic N) is 4. The van der Waals surface area contributed by atoms with Crippen molar-refractivity contribution >= 4 is 40.9 Å². The summed E-state index contributed by atoms with van der Waals surface area (Å²) in [6.45, 7) is 10.1. The zero-order valence-corrected chi connectivity index (χ0v) is 22.7. The predicted molar refractivity (Wildman–Crippen MR) is 144 cm³/mol. The predicted octanol–water partition coefficient (Wildman–Crippen LogP) is 5.67. The highest BCUT2D eigenvalue weighted by molar-refractivity contribution is 6.35. The van der Waals surface area contributed by atoms with Crippen LogP contribution in [0.4, 0.5) is 11.8 Å². The maximum Gasteiger partial charge on any atom is 0.309 e. The SMILES string of the molecule is Cc1cnc(N2CC(C3CCCN(C4CC(C)(C(=O)O)C4)C3)C2)nc1N[C@H](C)c1ccc(Cl)cc1Cl. The minimum Gasteiger partial charge on any atom is -0.481 e. The molecule has 3 heterocycles. The molecule has 1 aromatic heterocycles. The molecule has 0 amide bonds. The van der Waals surface area contributed by atoms with Crippen LogP contribution < -0.4 is 10.2 Å². The van der Waals surface area contributed by atoms with E-state index in [4.69, 9.17) is 28.2 Å². The fourth-order valence-electron chi connectivity index (χ4n) is 6.01. The van der Waals surface area contributed by atoms with Crippen LogP contribution >= 0.6 is 23.2 Å². The Kier molecular flexibility index (Phi) is 7.09. The first-order valence-corrected chi connectivity index (χ1v) is 13.7. The topological polar surface area (TPSA) is 81.6 Å². The summed E-state index contributed by atoms with van der Waals surface area (Å²) in [5.41, 5.74) is 1.43. The van der Waals surface area contributed by atoms with E-state index < -0.39 is 11.4 Å². The summed E-state index contributed by atoms with van der Waals surface area (Å²) in [5.74, 6) is 2.21. The van der Waals surface area contributed by atoms with Crippen LogP contribution in [0.25, 0.3) is 0 Å². The number of likely N-dealkylation sites (tertiary alicyclic amines) is 1. The van der Waals surface area contributed by atoms with Crippen molar-refractivity contribution in [3.63, 3.8) is 0 Å². The Bertz CT molecular complexity index is 1130. The number of carboxylic acid groups (broad SMARTS) is 1. The van der Waals surface area contributed by atoms with Gasteiger partial charge in [0.25, 0.3) is 0 Å². The summed E-state index contributed by atoms with van der Waals surface area (Å²) in [5, 5.41) is 14.2. The van der Waals surface area contributed by atoms with E-state index in [0.717, 1.165) is 61.9 Å². The molecule has 1 aliphatic carbocycles. The molecule has 0 bridgehead atoms. The normalized spacial score (nSPS) is 27.8. The van der Waals surface area contributed by atoms with Gasteiger partial charge in [0.05, 0.1) is 11.5 Å². The molecular formula is C27H35Cl2N5O2. The molecule has 0 radical (unpaired) electrons. The molecule has 0 spiro atoms. The van der Waals surface area contributed by atoms with Gasteiger partial charge in [0.2, 0.25) is 5.95 Å². The number of rotatable bonds is 7. The molecule has 3 fully saturated rings. The molecule has 1 aromatic carbocycles. The van der Waals surface area contributed by atoms with E-state index in [2.05, 4.69) is 27.0 Å². The van der Waals surface area contributed by atoms with Gasteiger partial charge in [-0.3, -0.25) is 4.79 Å². The molecule has 2 aliphatic heterocycles. The monoisotopic (exact) mass is 531 g/mol. The minimum absolute atomic E-state index is 0.0249. The smallest absolute Gasteiger partial charge is 0.309 e. The maximum atomic E-state index is 11.5. The number of carboxylic acids is 1. The van der Waals surface area contributed by atoms with E-state index in [1.54, 1.807) is 6.07 Å². The lowest BCUT2D eigenvalue weighted by Crippen LogP contribution is -2.58. The van der Waals surface area contributed by atoms with Crippen LogP contribution in [0, 0.1) is 24.2 Å². The standard InChI is InChI=1S/C27H35Cl2N5O2/c1-16-12-30-26(32-24(16)31-17(2)22-7-6-20(28)9-23(22)29)34-14-19(15-34)18-5-4-8-33(13-18)21-10-27(3,11-21)25(35)36/h6-7,9,12,17-19,21H,4-5,8,10-11,13-15H2,1-3H3,(H,35,36)(H,30,31,32)/t17-,18?,21?,27?/m1/s1. The molecule has 1 saturated carbocycles. The van der Waals surface area contributed by atoms with Crippen LogP contribution in [-0.2, 0) is 4.79 Å². The van der Waals surface area contributed by atoms with Gasteiger partial charge in [0, 0.05) is 47.5 Å². The van der Waals surface area contributed by atoms with Crippen molar-refractivity contribution in [2.75, 3.05) is 36.4 Å². The summed E-state index contributed by atoms with van der Waals surface area (Å²) >= 11 is 12.5. The number of halogens is 2. The van der Waals surface area contributed by atoms with Crippen molar-refractivity contribution in [1.82, 2.24) is 14.9 Å². The number of hydrogen-bond acceptors (Lipinski definition) is 6. The highest BCUT2D eigenvalue weighted by atomic mass is 35.5. The van der Waals surface area contributed by atoms with E-state index in [1.807, 2.05) is 32.2 Å². The Balaban J connectivity index is 1.17. The van der Waals surface area contributed by atoms with Crippen LogP contribution in [0.2, 0.25) is 10.0 Å². The second-order valence-electron chi connectivity index (χ2n) is 11.2. The Morgan fingerprint density at radius 3 is 2.67 bits per heavy atom. The molecular weight excluding hydrogens is 497 g/mol. The number of aryl methyl sites for hydroxylation is 1. The van der Waals surface area contributed by atoms with Crippen molar-refractivity contribution in [3.05, 3.63) is 45.6 Å². The fraction of sp³-hybridized carbons (Fsp3) is 0.593. The van der Waals surface area contributed by atoms with Crippen molar-refractivity contribution in [2.45, 2.75) is 58.5 Å². The first-order chi connectivity index (χ1) is 17.1. The first-order valence-electron chi connectivity index (χ1n) is 12.9. The number of carbonyl (C=O) groups is 1. The number of hydrogen-bond donors (Lipinski definition) is 2. The molecule has 194 valence electrons. The van der Waals surface area contributed by atoms with Gasteiger partial charge in [0.15, 0.2) is 0 Å². The Labute approximate surface area is 223 Å². The van der Waals surface area contributed by atoms with Gasteiger partial charge in [-0.05, 0) is 82.5 Å². The maximum absolute atomic E-state index is 11.5. The zero-order chi connectivity index (χ0) is 25.6. The van der Waals surface area contributed by atoms with E-state index >= 15 is 0 Å². The molecule has 2 atom stereocenters. The summed E-state index contributed by atoms with van der Waals surface area (Å²) in [4.78, 5) is 25.8. The van der Waals surface area contributed by atoms with Crippen molar-refractivity contribution in [3.8, 4) is 0 Å². The molecule has 1 unspecified atom stereocenters. The lowest BCUT2D eigenvalue weighted by atomic mass is 9.65. The third-order valence-electron chi connectivity index (χ3n) is 8.49. The Morgan fingerprint density at radius 2 is 1.97 bits per heavy atom. The summed E-state index contributed by atoms with van der Waals surface area (Å²) in [6.07, 6.45) is 5.88. The Morgan fingerprint density at radius 1 is 1.22 bits per heavy atom. The quantitative estimate of drug-likeness (QED) is 0.476. The molecule has 2 aromatic rings. The van der Waals surface area contributed by atoms with Gasteiger partial charge in [-0.15, -0.1) is 0 Å². The lowest BCUT2D eigenvalue weighted by Gasteiger charge is -2.52. The molecule has 7 nitrogen and oxygen atoms in total. The fourth-order valence-corrected chi connectivity index (χ4v) is 6.58. The summed E-state index contributed by atoms with van der Waals surface area (Å²) in [6, 6.07) is 5.95. The third-order valence-corrected chi connectivity index (χ3v) is 9.06. The van der Waals surface area contributed by atoms with Crippen LogP contribution in [0.1, 0.15) is 56.7 Å². The van der Waals surface area contributed by atoms with Gasteiger partial charge in [-0.25, -0.2) is 4.98 Å². The largest absolute Gasteiger partial charge is 0.481 e. The van der Waals surface area contributed by atoms with E-state index in [1.165, 1.54) is 12.8 Å². The molecule has 36 heavy (non-hydrogen) atoms. The number of benzene rings is 1. The second-order valence-corrected chi connectivity index (χ2v) is 12.1. The lowest BCUT2D eigenvalue weighted by molar-refractivity contribution is -0.158. The van der Waals surface area contributed by atoms with Crippen molar-refractivity contribution in [1.29, 1.82) is 0 Å². The number of nitrogens with one attached hydrogen (secondary N) is 1. The number of anilines is 2. The van der Waals surface area contributed by atoms with Crippen molar-refractivity contribution < 1.29 is 9.90 Å². The molecule has 3 aliphatic rings. The number of aromatic nitrogens is 2. The third kappa shape index (κ3) is 5.02. The van der Waals surface area contributed by atoms with Crippen molar-refractivity contribution in [2.24, 2.45) is 17.3 Å². The van der Waals surface area contributed by atoms with Gasteiger partial charge in [0.1, 0.15) is 5.82 Å². The van der Waals surface area contributed by atoms with Gasteiger partial charge < -0.3 is 20.2 Å². The Hall–Kier alpha value is -2.09. The second kappa shape index (κ2) is 9.99. The van der Waals surface area contributed by atoms with E-state index in [9.17, 15) is 9.90 Å². The average molecular weight is 533 g/mol. The minimum atomic E-state index is -0.653. The zero-order valence-electron chi connectivity index (χ0n) is 21.2. The molecule has 2 saturated heterocycles. The van der Waals surface area contributed by atoms with Crippen LogP contribution in [0.15, 0.2) is 24.4 Å². The van der Waals surface area contributed by atoms with Gasteiger partial charge in [-0.1, -0.05) is 29.3 Å². The molecule has 5 rings (SSSR count). The first kappa shape index (κ1) is 25.6. The molecule has 9 heteroatoms. The van der Waals surface area contributed by atoms with E-state index in [-0.39, 0.29) is 6.04 Å². The summed E-state index contributed by atoms with van der Waals surface area (Å²) < 4.78 is 0. The number of aliphatic carboxylic acids is 1.